The summed E-state index contributed by atoms with van der Waals surface area (Å²) in [5.41, 5.74) is 8.94. The molecular weight excluding hydrogens is 418 g/mol. The molecule has 2 heterocycles. The van der Waals surface area contributed by atoms with Gasteiger partial charge in [-0.05, 0) is 29.7 Å². The zero-order valence-corrected chi connectivity index (χ0v) is 17.6. The summed E-state index contributed by atoms with van der Waals surface area (Å²) in [6.07, 6.45) is 0.741. The Balaban J connectivity index is 1.49. The smallest absolute Gasteiger partial charge is 0.259 e. The number of hydrogen-bond donors (Lipinski definition) is 2. The molecule has 1 amide bonds. The summed E-state index contributed by atoms with van der Waals surface area (Å²) in [5, 5.41) is 6.92. The monoisotopic (exact) mass is 437 g/mol. The van der Waals surface area contributed by atoms with Crippen LogP contribution in [0.5, 0.6) is 0 Å². The molecule has 152 valence electrons. The van der Waals surface area contributed by atoms with Gasteiger partial charge in [0.2, 0.25) is 5.88 Å². The number of carbonyl (C=O) groups excluding carboxylic acids is 1. The summed E-state index contributed by atoms with van der Waals surface area (Å²) in [5.74, 6) is -0.147. The number of nitrogen functional groups attached to an aromatic ring is 1. The molecule has 0 spiro atoms. The molecule has 0 aliphatic carbocycles. The number of rotatable bonds is 7. The highest BCUT2D eigenvalue weighted by Crippen LogP contribution is 2.34. The van der Waals surface area contributed by atoms with Gasteiger partial charge in [0.05, 0.1) is 9.21 Å². The second-order valence-electron chi connectivity index (χ2n) is 6.79. The number of halogens is 1. The van der Waals surface area contributed by atoms with Crippen molar-refractivity contribution in [1.29, 1.82) is 0 Å². The Kier molecular flexibility index (Phi) is 6.16. The fourth-order valence-corrected chi connectivity index (χ4v) is 4.48. The fourth-order valence-electron chi connectivity index (χ4n) is 3.45. The number of nitrogens with zero attached hydrogens (tertiary/aromatic N) is 1. The van der Waals surface area contributed by atoms with Crippen molar-refractivity contribution in [1.82, 2.24) is 10.5 Å². The summed E-state index contributed by atoms with van der Waals surface area (Å²) in [7, 11) is 0. The Bertz CT molecular complexity index is 1090. The number of nitrogens with two attached hydrogens (primary N) is 1. The van der Waals surface area contributed by atoms with Gasteiger partial charge in [-0.25, -0.2) is 0 Å². The number of amides is 1. The van der Waals surface area contributed by atoms with Crippen molar-refractivity contribution in [3.05, 3.63) is 93.8 Å². The number of benzene rings is 2. The maximum Gasteiger partial charge on any atom is 0.259 e. The summed E-state index contributed by atoms with van der Waals surface area (Å²) in [6.45, 7) is 0.475. The highest BCUT2D eigenvalue weighted by Gasteiger charge is 2.24. The van der Waals surface area contributed by atoms with Crippen LogP contribution >= 0.6 is 22.9 Å². The summed E-state index contributed by atoms with van der Waals surface area (Å²) in [6, 6.07) is 24.1. The van der Waals surface area contributed by atoms with Gasteiger partial charge in [-0.2, -0.15) is 0 Å². The van der Waals surface area contributed by atoms with E-state index in [9.17, 15) is 4.79 Å². The molecule has 0 atom stereocenters. The number of anilines is 1. The largest absolute Gasteiger partial charge is 0.367 e. The Morgan fingerprint density at radius 2 is 1.67 bits per heavy atom. The van der Waals surface area contributed by atoms with Crippen molar-refractivity contribution in [3.8, 4) is 10.6 Å². The molecular formula is C23H20ClN3O2S. The maximum absolute atomic E-state index is 12.9. The van der Waals surface area contributed by atoms with Gasteiger partial charge in [-0.3, -0.25) is 4.79 Å². The van der Waals surface area contributed by atoms with Gasteiger partial charge < -0.3 is 15.6 Å². The minimum Gasteiger partial charge on any atom is -0.367 e. The number of carbonyl (C=O) groups is 1. The number of aromatic nitrogens is 1. The predicted octanol–water partition coefficient (Wildman–Crippen LogP) is 5.59. The molecule has 0 unspecified atom stereocenters. The lowest BCUT2D eigenvalue weighted by atomic mass is 9.88. The molecule has 4 rings (SSSR count). The Morgan fingerprint density at radius 3 is 2.23 bits per heavy atom. The van der Waals surface area contributed by atoms with Crippen LogP contribution in [-0.2, 0) is 0 Å². The molecule has 0 aliphatic heterocycles. The van der Waals surface area contributed by atoms with Crippen LogP contribution in [0.15, 0.2) is 77.3 Å². The second kappa shape index (κ2) is 9.15. The molecule has 5 nitrogen and oxygen atoms in total. The molecule has 0 aliphatic rings. The Morgan fingerprint density at radius 1 is 1.03 bits per heavy atom. The van der Waals surface area contributed by atoms with E-state index in [-0.39, 0.29) is 23.3 Å². The van der Waals surface area contributed by atoms with Crippen LogP contribution in [0.1, 0.15) is 33.8 Å². The van der Waals surface area contributed by atoms with Gasteiger partial charge in [0.1, 0.15) is 11.3 Å². The van der Waals surface area contributed by atoms with Crippen LogP contribution in [0.25, 0.3) is 10.6 Å². The molecule has 3 N–H and O–H groups in total. The van der Waals surface area contributed by atoms with E-state index in [2.05, 4.69) is 34.7 Å². The highest BCUT2D eigenvalue weighted by atomic mass is 35.5. The van der Waals surface area contributed by atoms with Crippen LogP contribution in [-0.4, -0.2) is 17.6 Å². The first-order valence-electron chi connectivity index (χ1n) is 9.52. The van der Waals surface area contributed by atoms with E-state index in [0.29, 0.717) is 16.6 Å². The SMILES string of the molecule is Nc1onc(-c2ccc(Cl)s2)c1C(=O)NCCC(c1ccccc1)c1ccccc1. The summed E-state index contributed by atoms with van der Waals surface area (Å²) < 4.78 is 5.68. The number of nitrogens with one attached hydrogen (secondary N) is 1. The third-order valence-electron chi connectivity index (χ3n) is 4.87. The van der Waals surface area contributed by atoms with Gasteiger partial charge in [-0.15, -0.1) is 11.3 Å². The number of thiophene rings is 1. The lowest BCUT2D eigenvalue weighted by Crippen LogP contribution is -2.26. The number of hydrogen-bond acceptors (Lipinski definition) is 5. The quantitative estimate of drug-likeness (QED) is 0.395. The average Bonchev–Trinajstić information content (AvgIpc) is 3.37. The Labute approximate surface area is 183 Å². The van der Waals surface area contributed by atoms with Crippen LogP contribution in [0.3, 0.4) is 0 Å². The molecule has 0 radical (unpaired) electrons. The molecule has 30 heavy (non-hydrogen) atoms. The maximum atomic E-state index is 12.9. The molecule has 7 heteroatoms. The van der Waals surface area contributed by atoms with Gasteiger partial charge in [-0.1, -0.05) is 77.4 Å². The zero-order valence-electron chi connectivity index (χ0n) is 16.0. The first-order chi connectivity index (χ1) is 14.6. The first-order valence-corrected chi connectivity index (χ1v) is 10.7. The van der Waals surface area contributed by atoms with Gasteiger partial charge in [0, 0.05) is 12.5 Å². The van der Waals surface area contributed by atoms with Crippen molar-refractivity contribution in [2.24, 2.45) is 0 Å². The van der Waals surface area contributed by atoms with Crippen LogP contribution in [0, 0.1) is 0 Å². The summed E-state index contributed by atoms with van der Waals surface area (Å²) >= 11 is 7.33. The van der Waals surface area contributed by atoms with E-state index in [1.54, 1.807) is 12.1 Å². The standard InChI is InChI=1S/C23H20ClN3O2S/c24-19-12-11-18(30-19)21-20(22(25)29-27-21)23(28)26-14-13-17(15-7-3-1-4-8-15)16-9-5-2-6-10-16/h1-12,17H,13-14,25H2,(H,26,28). The first kappa shape index (κ1) is 20.2. The van der Waals surface area contributed by atoms with Gasteiger partial charge in [0.25, 0.3) is 5.91 Å². The topological polar surface area (TPSA) is 81.2 Å². The van der Waals surface area contributed by atoms with Crippen molar-refractivity contribution >= 4 is 34.7 Å². The minimum absolute atomic E-state index is 0.00492. The van der Waals surface area contributed by atoms with Gasteiger partial charge in [0.15, 0.2) is 0 Å². The van der Waals surface area contributed by atoms with E-state index in [1.165, 1.54) is 22.5 Å². The van der Waals surface area contributed by atoms with Crippen molar-refractivity contribution in [2.75, 3.05) is 12.3 Å². The molecule has 2 aromatic heterocycles. The Hall–Kier alpha value is -3.09. The fraction of sp³-hybridized carbons (Fsp3) is 0.130. The predicted molar refractivity (Wildman–Crippen MR) is 121 cm³/mol. The van der Waals surface area contributed by atoms with E-state index in [4.69, 9.17) is 21.9 Å². The van der Waals surface area contributed by atoms with E-state index < -0.39 is 0 Å². The molecule has 0 fully saturated rings. The lowest BCUT2D eigenvalue weighted by Gasteiger charge is -2.18. The van der Waals surface area contributed by atoms with E-state index >= 15 is 0 Å². The normalized spacial score (nSPS) is 11.0. The van der Waals surface area contributed by atoms with Crippen molar-refractivity contribution in [3.63, 3.8) is 0 Å². The van der Waals surface area contributed by atoms with Gasteiger partial charge >= 0.3 is 0 Å². The molecule has 2 aromatic carbocycles. The lowest BCUT2D eigenvalue weighted by molar-refractivity contribution is 0.0954. The van der Waals surface area contributed by atoms with Crippen LogP contribution in [0.2, 0.25) is 4.34 Å². The third-order valence-corrected chi connectivity index (χ3v) is 6.11. The molecule has 0 saturated heterocycles. The zero-order chi connectivity index (χ0) is 20.9. The highest BCUT2D eigenvalue weighted by molar-refractivity contribution is 7.19. The van der Waals surface area contributed by atoms with Crippen molar-refractivity contribution in [2.45, 2.75) is 12.3 Å². The molecule has 0 saturated carbocycles. The van der Waals surface area contributed by atoms with Crippen LogP contribution < -0.4 is 11.1 Å². The summed E-state index contributed by atoms with van der Waals surface area (Å²) in [4.78, 5) is 13.6. The molecule has 4 aromatic rings. The second-order valence-corrected chi connectivity index (χ2v) is 8.51. The van der Waals surface area contributed by atoms with Crippen molar-refractivity contribution < 1.29 is 9.32 Å². The van der Waals surface area contributed by atoms with Crippen LogP contribution in [0.4, 0.5) is 5.88 Å². The third kappa shape index (κ3) is 4.40. The van der Waals surface area contributed by atoms with E-state index in [1.807, 2.05) is 36.4 Å². The minimum atomic E-state index is -0.312. The molecule has 0 bridgehead atoms. The van der Waals surface area contributed by atoms with E-state index in [0.717, 1.165) is 11.3 Å². The average molecular weight is 438 g/mol.